The van der Waals surface area contributed by atoms with Crippen LogP contribution >= 0.6 is 11.8 Å². The number of tetrazole rings is 1. The molecule has 16 heavy (non-hydrogen) atoms. The molecule has 5 nitrogen and oxygen atoms in total. The lowest BCUT2D eigenvalue weighted by Gasteiger charge is -2.05. The summed E-state index contributed by atoms with van der Waals surface area (Å²) in [5, 5.41) is 12.4. The number of methoxy groups -OCH3 is 1. The van der Waals surface area contributed by atoms with Crippen LogP contribution in [0, 0.1) is 0 Å². The Kier molecular flexibility index (Phi) is 3.40. The van der Waals surface area contributed by atoms with Gasteiger partial charge in [0.1, 0.15) is 5.75 Å². The van der Waals surface area contributed by atoms with Crippen molar-refractivity contribution in [2.24, 2.45) is 0 Å². The molecular weight excluding hydrogens is 224 g/mol. The second-order valence-corrected chi connectivity index (χ2v) is 4.24. The molecule has 0 N–H and O–H groups in total. The van der Waals surface area contributed by atoms with Crippen LogP contribution in [0.3, 0.4) is 0 Å². The zero-order valence-electron chi connectivity index (χ0n) is 9.12. The van der Waals surface area contributed by atoms with Crippen LogP contribution in [-0.2, 0) is 0 Å². The van der Waals surface area contributed by atoms with E-state index in [1.54, 1.807) is 23.6 Å². The molecular formula is C10H12N4OS. The smallest absolute Gasteiger partial charge is 0.214 e. The van der Waals surface area contributed by atoms with Crippen molar-refractivity contribution in [2.75, 3.05) is 12.9 Å². The van der Waals surface area contributed by atoms with Gasteiger partial charge in [0.05, 0.1) is 12.8 Å². The van der Waals surface area contributed by atoms with Gasteiger partial charge in [-0.05, 0) is 28.3 Å². The number of hydrogen-bond donors (Lipinski definition) is 0. The zero-order valence-corrected chi connectivity index (χ0v) is 9.94. The summed E-state index contributed by atoms with van der Waals surface area (Å²) in [4.78, 5) is 0. The highest BCUT2D eigenvalue weighted by Crippen LogP contribution is 2.20. The van der Waals surface area contributed by atoms with Crippen molar-refractivity contribution in [2.45, 2.75) is 12.1 Å². The van der Waals surface area contributed by atoms with Crippen molar-refractivity contribution in [1.29, 1.82) is 0 Å². The van der Waals surface area contributed by atoms with Crippen LogP contribution in [0.25, 0.3) is 5.69 Å². The largest absolute Gasteiger partial charge is 0.497 e. The lowest BCUT2D eigenvalue weighted by Crippen LogP contribution is -1.99. The zero-order chi connectivity index (χ0) is 11.4. The Morgan fingerprint density at radius 3 is 3.06 bits per heavy atom. The summed E-state index contributed by atoms with van der Waals surface area (Å²) >= 11 is 1.60. The maximum atomic E-state index is 5.16. The van der Waals surface area contributed by atoms with E-state index in [9.17, 15) is 0 Å². The maximum Gasteiger partial charge on any atom is 0.214 e. The standard InChI is InChI=1S/C10H12N4OS/c1-3-16-10-11-12-13-14(10)8-5-4-6-9(7-8)15-2/h4-7H,3H2,1-2H3. The Labute approximate surface area is 97.8 Å². The predicted molar refractivity (Wildman–Crippen MR) is 62.1 cm³/mol. The van der Waals surface area contributed by atoms with Crippen molar-refractivity contribution in [1.82, 2.24) is 20.2 Å². The molecule has 2 rings (SSSR count). The molecule has 0 unspecified atom stereocenters. The van der Waals surface area contributed by atoms with Gasteiger partial charge < -0.3 is 4.74 Å². The molecule has 84 valence electrons. The molecule has 1 heterocycles. The highest BCUT2D eigenvalue weighted by molar-refractivity contribution is 7.99. The number of nitrogens with zero attached hydrogens (tertiary/aromatic N) is 4. The Morgan fingerprint density at radius 1 is 1.44 bits per heavy atom. The summed E-state index contributed by atoms with van der Waals surface area (Å²) in [5.41, 5.74) is 0.903. The third-order valence-corrected chi connectivity index (χ3v) is 2.81. The Balaban J connectivity index is 2.37. The molecule has 0 fully saturated rings. The average Bonchev–Trinajstić information content (AvgIpc) is 2.78. The highest BCUT2D eigenvalue weighted by Gasteiger charge is 2.08. The molecule has 0 atom stereocenters. The van der Waals surface area contributed by atoms with Crippen LogP contribution in [0.15, 0.2) is 29.4 Å². The maximum absolute atomic E-state index is 5.16. The van der Waals surface area contributed by atoms with Crippen molar-refractivity contribution < 1.29 is 4.74 Å². The summed E-state index contributed by atoms with van der Waals surface area (Å²) < 4.78 is 6.87. The molecule has 0 aliphatic heterocycles. The van der Waals surface area contributed by atoms with Gasteiger partial charge in [-0.1, -0.05) is 24.8 Å². The summed E-state index contributed by atoms with van der Waals surface area (Å²) in [6.45, 7) is 2.06. The van der Waals surface area contributed by atoms with Crippen molar-refractivity contribution >= 4 is 11.8 Å². The van der Waals surface area contributed by atoms with Crippen LogP contribution in [0.5, 0.6) is 5.75 Å². The summed E-state index contributed by atoms with van der Waals surface area (Å²) in [5.74, 6) is 1.73. The number of aromatic nitrogens is 4. The normalized spacial score (nSPS) is 10.4. The molecule has 0 radical (unpaired) electrons. The monoisotopic (exact) mass is 236 g/mol. The van der Waals surface area contributed by atoms with Gasteiger partial charge in [-0.25, -0.2) is 0 Å². The number of ether oxygens (including phenoxy) is 1. The van der Waals surface area contributed by atoms with Crippen molar-refractivity contribution in [3.63, 3.8) is 0 Å². The first-order valence-electron chi connectivity index (χ1n) is 4.90. The van der Waals surface area contributed by atoms with E-state index in [0.29, 0.717) is 0 Å². The molecule has 0 amide bonds. The molecule has 0 saturated heterocycles. The molecule has 0 saturated carbocycles. The van der Waals surface area contributed by atoms with Gasteiger partial charge in [0.25, 0.3) is 0 Å². The van der Waals surface area contributed by atoms with E-state index >= 15 is 0 Å². The first-order chi connectivity index (χ1) is 7.85. The fraction of sp³-hybridized carbons (Fsp3) is 0.300. The van der Waals surface area contributed by atoms with E-state index in [0.717, 1.165) is 22.3 Å². The van der Waals surface area contributed by atoms with Crippen LogP contribution in [0.1, 0.15) is 6.92 Å². The number of thioether (sulfide) groups is 1. The van der Waals surface area contributed by atoms with Gasteiger partial charge >= 0.3 is 0 Å². The van der Waals surface area contributed by atoms with Crippen molar-refractivity contribution in [3.8, 4) is 11.4 Å². The van der Waals surface area contributed by atoms with E-state index in [2.05, 4.69) is 22.4 Å². The van der Waals surface area contributed by atoms with Gasteiger partial charge in [0.15, 0.2) is 0 Å². The van der Waals surface area contributed by atoms with Gasteiger partial charge in [0, 0.05) is 6.07 Å². The Hall–Kier alpha value is -1.56. The van der Waals surface area contributed by atoms with E-state index in [-0.39, 0.29) is 0 Å². The molecule has 6 heteroatoms. The Morgan fingerprint density at radius 2 is 2.31 bits per heavy atom. The first-order valence-corrected chi connectivity index (χ1v) is 5.89. The minimum absolute atomic E-state index is 0.788. The lowest BCUT2D eigenvalue weighted by atomic mass is 10.3. The van der Waals surface area contributed by atoms with Crippen LogP contribution < -0.4 is 4.74 Å². The summed E-state index contributed by atoms with van der Waals surface area (Å²) in [6, 6.07) is 7.64. The van der Waals surface area contributed by atoms with Crippen LogP contribution in [0.4, 0.5) is 0 Å². The van der Waals surface area contributed by atoms with Gasteiger partial charge in [-0.15, -0.1) is 5.10 Å². The SMILES string of the molecule is CCSc1nnnn1-c1cccc(OC)c1. The molecule has 0 bridgehead atoms. The lowest BCUT2D eigenvalue weighted by molar-refractivity contribution is 0.414. The predicted octanol–water partition coefficient (Wildman–Crippen LogP) is 1.78. The second kappa shape index (κ2) is 4.98. The first kappa shape index (κ1) is 10.9. The summed E-state index contributed by atoms with van der Waals surface area (Å²) in [6.07, 6.45) is 0. The average molecular weight is 236 g/mol. The van der Waals surface area contributed by atoms with Crippen molar-refractivity contribution in [3.05, 3.63) is 24.3 Å². The molecule has 0 aliphatic rings. The third-order valence-electron chi connectivity index (χ3n) is 2.01. The molecule has 1 aromatic heterocycles. The van der Waals surface area contributed by atoms with E-state index in [4.69, 9.17) is 4.74 Å². The van der Waals surface area contributed by atoms with E-state index in [1.807, 2.05) is 24.3 Å². The minimum Gasteiger partial charge on any atom is -0.497 e. The number of benzene rings is 1. The van der Waals surface area contributed by atoms with Crippen LogP contribution in [0.2, 0.25) is 0 Å². The van der Waals surface area contributed by atoms with E-state index < -0.39 is 0 Å². The fourth-order valence-electron chi connectivity index (χ4n) is 1.30. The van der Waals surface area contributed by atoms with Gasteiger partial charge in [-0.2, -0.15) is 4.68 Å². The highest BCUT2D eigenvalue weighted by atomic mass is 32.2. The topological polar surface area (TPSA) is 52.8 Å². The molecule has 1 aromatic carbocycles. The molecule has 0 spiro atoms. The molecule has 0 aliphatic carbocycles. The number of rotatable bonds is 4. The van der Waals surface area contributed by atoms with Gasteiger partial charge in [0.2, 0.25) is 5.16 Å². The van der Waals surface area contributed by atoms with Gasteiger partial charge in [-0.3, -0.25) is 0 Å². The summed E-state index contributed by atoms with van der Waals surface area (Å²) in [7, 11) is 1.64. The fourth-order valence-corrected chi connectivity index (χ4v) is 1.92. The Bertz CT molecular complexity index is 471. The van der Waals surface area contributed by atoms with E-state index in [1.165, 1.54) is 0 Å². The molecule has 2 aromatic rings. The third kappa shape index (κ3) is 2.16. The minimum atomic E-state index is 0.788. The number of hydrogen-bond acceptors (Lipinski definition) is 5. The second-order valence-electron chi connectivity index (χ2n) is 3.01. The quantitative estimate of drug-likeness (QED) is 0.757. The van der Waals surface area contributed by atoms with Crippen LogP contribution in [-0.4, -0.2) is 33.1 Å².